The number of sulfonamides is 1. The van der Waals surface area contributed by atoms with Crippen molar-refractivity contribution in [1.29, 1.82) is 0 Å². The maximum atomic E-state index is 14.5. The number of pyridine rings is 1. The van der Waals surface area contributed by atoms with Crippen molar-refractivity contribution in [2.24, 2.45) is 0 Å². The molecular formula is C24H19F3N4O3S. The van der Waals surface area contributed by atoms with Crippen molar-refractivity contribution in [2.75, 3.05) is 11.4 Å². The largest absolute Gasteiger partial charge is 0.364 e. The summed E-state index contributed by atoms with van der Waals surface area (Å²) >= 11 is 0. The first-order chi connectivity index (χ1) is 16.7. The molecule has 0 aliphatic carbocycles. The minimum absolute atomic E-state index is 0.00483. The molecule has 11 heteroatoms. The van der Waals surface area contributed by atoms with E-state index in [-0.39, 0.29) is 16.0 Å². The Morgan fingerprint density at radius 3 is 2.51 bits per heavy atom. The smallest absolute Gasteiger partial charge is 0.268 e. The fraction of sp³-hybridized carbons (Fsp3) is 0.167. The van der Waals surface area contributed by atoms with Gasteiger partial charge in [-0.2, -0.15) is 5.10 Å². The van der Waals surface area contributed by atoms with Gasteiger partial charge in [0, 0.05) is 24.0 Å². The highest BCUT2D eigenvalue weighted by Crippen LogP contribution is 2.38. The van der Waals surface area contributed by atoms with E-state index in [0.717, 1.165) is 42.8 Å². The van der Waals surface area contributed by atoms with Gasteiger partial charge >= 0.3 is 0 Å². The van der Waals surface area contributed by atoms with Gasteiger partial charge in [0.2, 0.25) is 0 Å². The van der Waals surface area contributed by atoms with Crippen molar-refractivity contribution in [3.8, 4) is 0 Å². The van der Waals surface area contributed by atoms with Crippen molar-refractivity contribution < 1.29 is 26.4 Å². The number of carbonyl (C=O) groups excluding carboxylic acids is 1. The number of aromatic nitrogens is 2. The third kappa shape index (κ3) is 4.34. The Labute approximate surface area is 198 Å². The van der Waals surface area contributed by atoms with Crippen LogP contribution < -0.4 is 9.62 Å². The molecule has 1 saturated heterocycles. The zero-order valence-corrected chi connectivity index (χ0v) is 19.0. The summed E-state index contributed by atoms with van der Waals surface area (Å²) in [5, 5.41) is 4.11. The second kappa shape index (κ2) is 8.73. The summed E-state index contributed by atoms with van der Waals surface area (Å²) < 4.78 is 69.9. The molecule has 1 aliphatic rings. The predicted molar refractivity (Wildman–Crippen MR) is 122 cm³/mol. The van der Waals surface area contributed by atoms with Crippen molar-refractivity contribution in [3.05, 3.63) is 95.6 Å². The molecule has 2 aromatic heterocycles. The monoisotopic (exact) mass is 500 g/mol. The number of fused-ring (bicyclic) bond motifs is 1. The van der Waals surface area contributed by atoms with Gasteiger partial charge in [-0.3, -0.25) is 4.79 Å². The van der Waals surface area contributed by atoms with E-state index in [0.29, 0.717) is 24.2 Å². The second-order valence-corrected chi connectivity index (χ2v) is 9.86. The van der Waals surface area contributed by atoms with Crippen LogP contribution in [0.2, 0.25) is 0 Å². The van der Waals surface area contributed by atoms with Gasteiger partial charge < -0.3 is 4.90 Å². The average Bonchev–Trinajstić information content (AvgIpc) is 3.47. The number of hydrogen-bond donors (Lipinski definition) is 1. The average molecular weight is 501 g/mol. The second-order valence-electron chi connectivity index (χ2n) is 8.18. The fourth-order valence-electron chi connectivity index (χ4n) is 4.34. The third-order valence-electron chi connectivity index (χ3n) is 6.00. The number of nitrogens with zero attached hydrogens (tertiary/aromatic N) is 3. The number of hydrogen-bond acceptors (Lipinski definition) is 5. The summed E-state index contributed by atoms with van der Waals surface area (Å²) in [7, 11) is -4.24. The van der Waals surface area contributed by atoms with Crippen molar-refractivity contribution in [1.82, 2.24) is 14.3 Å². The van der Waals surface area contributed by atoms with Crippen molar-refractivity contribution in [2.45, 2.75) is 23.8 Å². The summed E-state index contributed by atoms with van der Waals surface area (Å²) in [6.07, 6.45) is 4.22. The summed E-state index contributed by atoms with van der Waals surface area (Å²) in [5.74, 6) is -2.54. The Hall–Kier alpha value is -3.86. The maximum Gasteiger partial charge on any atom is 0.268 e. The highest BCUT2D eigenvalue weighted by Gasteiger charge is 2.29. The zero-order chi connectivity index (χ0) is 24.7. The molecule has 1 aliphatic heterocycles. The lowest BCUT2D eigenvalue weighted by atomic mass is 10.0. The molecule has 0 spiro atoms. The molecule has 0 saturated carbocycles. The maximum absolute atomic E-state index is 14.5. The summed E-state index contributed by atoms with van der Waals surface area (Å²) in [6, 6.07) is 10.4. The quantitative estimate of drug-likeness (QED) is 0.444. The minimum Gasteiger partial charge on any atom is -0.364 e. The molecule has 2 aromatic carbocycles. The molecule has 0 radical (unpaired) electrons. The van der Waals surface area contributed by atoms with Gasteiger partial charge in [-0.1, -0.05) is 0 Å². The Bertz CT molecular complexity index is 1540. The lowest BCUT2D eigenvalue weighted by molar-refractivity contribution is 0.0983. The van der Waals surface area contributed by atoms with E-state index in [1.807, 2.05) is 9.62 Å². The molecule has 0 unspecified atom stereocenters. The molecule has 4 aromatic rings. The van der Waals surface area contributed by atoms with Crippen LogP contribution >= 0.6 is 0 Å². The third-order valence-corrected chi connectivity index (χ3v) is 7.35. The normalized spacial score (nSPS) is 16.1. The van der Waals surface area contributed by atoms with Crippen molar-refractivity contribution >= 4 is 27.1 Å². The number of halogens is 3. The van der Waals surface area contributed by atoms with E-state index in [4.69, 9.17) is 0 Å². The van der Waals surface area contributed by atoms with Gasteiger partial charge in [-0.25, -0.2) is 30.8 Å². The molecule has 1 fully saturated rings. The molecule has 35 heavy (non-hydrogen) atoms. The molecule has 180 valence electrons. The first-order valence-corrected chi connectivity index (χ1v) is 12.2. The highest BCUT2D eigenvalue weighted by atomic mass is 32.2. The molecule has 7 nitrogen and oxygen atoms in total. The number of benzene rings is 2. The van der Waals surface area contributed by atoms with E-state index in [1.54, 1.807) is 18.3 Å². The van der Waals surface area contributed by atoms with Crippen LogP contribution in [0.5, 0.6) is 0 Å². The SMILES string of the molecule is O=C(NS(=O)(=O)c1ccc(F)cc1)c1cnn2ccc(N3CCC[C@@H]3c3cc(F)ccc3F)cc12. The van der Waals surface area contributed by atoms with Crippen LogP contribution in [-0.4, -0.2) is 30.5 Å². The Morgan fingerprint density at radius 2 is 1.74 bits per heavy atom. The van der Waals surface area contributed by atoms with E-state index >= 15 is 0 Å². The topological polar surface area (TPSA) is 83.8 Å². The standard InChI is InChI=1S/C24H19F3N4O3S/c25-15-3-6-18(7-4-15)35(33,34)29-24(32)20-14-28-31-11-9-17(13-23(20)31)30-10-1-2-22(30)19-12-16(26)5-8-21(19)27/h3-9,11-14,22H,1-2,10H2,(H,29,32)/t22-/m1/s1. The van der Waals surface area contributed by atoms with E-state index < -0.39 is 39.4 Å². The summed E-state index contributed by atoms with van der Waals surface area (Å²) in [6.45, 7) is 0.589. The first-order valence-electron chi connectivity index (χ1n) is 10.7. The molecule has 3 heterocycles. The number of nitrogens with one attached hydrogen (secondary N) is 1. The number of anilines is 1. The van der Waals surface area contributed by atoms with Crippen molar-refractivity contribution in [3.63, 3.8) is 0 Å². The van der Waals surface area contributed by atoms with Crippen LogP contribution in [0.25, 0.3) is 5.52 Å². The molecule has 1 amide bonds. The number of amides is 1. The van der Waals surface area contributed by atoms with Crippen LogP contribution in [0.3, 0.4) is 0 Å². The Kier molecular flexibility index (Phi) is 5.72. The van der Waals surface area contributed by atoms with Gasteiger partial charge in [-0.15, -0.1) is 0 Å². The van der Waals surface area contributed by atoms with Crippen LogP contribution in [0.1, 0.15) is 34.8 Å². The fourth-order valence-corrected chi connectivity index (χ4v) is 5.31. The molecule has 1 N–H and O–H groups in total. The van der Waals surface area contributed by atoms with Gasteiger partial charge in [0.05, 0.1) is 28.2 Å². The summed E-state index contributed by atoms with van der Waals surface area (Å²) in [5.41, 5.74) is 1.24. The molecule has 1 atom stereocenters. The van der Waals surface area contributed by atoms with E-state index in [2.05, 4.69) is 5.10 Å². The van der Waals surface area contributed by atoms with Gasteiger partial charge in [0.25, 0.3) is 15.9 Å². The Morgan fingerprint density at radius 1 is 1.00 bits per heavy atom. The predicted octanol–water partition coefficient (Wildman–Crippen LogP) is 4.21. The highest BCUT2D eigenvalue weighted by molar-refractivity contribution is 7.90. The van der Waals surface area contributed by atoms with Crippen LogP contribution in [0, 0.1) is 17.5 Å². The van der Waals surface area contributed by atoms with Gasteiger partial charge in [0.1, 0.15) is 17.5 Å². The minimum atomic E-state index is -4.24. The first kappa shape index (κ1) is 22.9. The van der Waals surface area contributed by atoms with Crippen LogP contribution in [0.4, 0.5) is 18.9 Å². The molecule has 5 rings (SSSR count). The lowest BCUT2D eigenvalue weighted by Crippen LogP contribution is -2.30. The number of rotatable bonds is 5. The van der Waals surface area contributed by atoms with Gasteiger partial charge in [-0.05, 0) is 67.4 Å². The lowest BCUT2D eigenvalue weighted by Gasteiger charge is -2.27. The summed E-state index contributed by atoms with van der Waals surface area (Å²) in [4.78, 5) is 14.5. The zero-order valence-electron chi connectivity index (χ0n) is 18.2. The molecular weight excluding hydrogens is 481 g/mol. The van der Waals surface area contributed by atoms with Crippen LogP contribution in [0.15, 0.2) is 71.9 Å². The van der Waals surface area contributed by atoms with Crippen LogP contribution in [-0.2, 0) is 10.0 Å². The Balaban J connectivity index is 1.46. The molecule has 0 bridgehead atoms. The van der Waals surface area contributed by atoms with E-state index in [1.165, 1.54) is 16.8 Å². The van der Waals surface area contributed by atoms with Gasteiger partial charge in [0.15, 0.2) is 0 Å². The van der Waals surface area contributed by atoms with E-state index in [9.17, 15) is 26.4 Å². The number of carbonyl (C=O) groups is 1.